The van der Waals surface area contributed by atoms with Crippen LogP contribution >= 0.6 is 0 Å². The first-order valence-electron chi connectivity index (χ1n) is 7.89. The van der Waals surface area contributed by atoms with Crippen LogP contribution < -0.4 is 10.1 Å². The van der Waals surface area contributed by atoms with E-state index >= 15 is 0 Å². The van der Waals surface area contributed by atoms with Gasteiger partial charge in [0.15, 0.2) is 0 Å². The number of aromatic nitrogens is 1. The SMILES string of the molecule is O=C(O)c1ccc(NC(=O)c2cccc(COc3ccccc3)c2)nc1. The van der Waals surface area contributed by atoms with E-state index in [4.69, 9.17) is 9.84 Å². The minimum absolute atomic E-state index is 0.0584. The van der Waals surface area contributed by atoms with Gasteiger partial charge < -0.3 is 15.2 Å². The molecular weight excluding hydrogens is 332 g/mol. The number of rotatable bonds is 6. The Morgan fingerprint density at radius 1 is 0.962 bits per heavy atom. The van der Waals surface area contributed by atoms with Crippen LogP contribution in [-0.2, 0) is 6.61 Å². The summed E-state index contributed by atoms with van der Waals surface area (Å²) in [6.07, 6.45) is 1.20. The maximum atomic E-state index is 12.4. The molecule has 0 aliphatic heterocycles. The summed E-state index contributed by atoms with van der Waals surface area (Å²) in [4.78, 5) is 27.1. The molecule has 1 aromatic heterocycles. The van der Waals surface area contributed by atoms with Gasteiger partial charge in [-0.25, -0.2) is 9.78 Å². The zero-order chi connectivity index (χ0) is 18.4. The van der Waals surface area contributed by atoms with Crippen LogP contribution in [0.5, 0.6) is 5.75 Å². The van der Waals surface area contributed by atoms with Crippen LogP contribution in [0.15, 0.2) is 72.9 Å². The quantitative estimate of drug-likeness (QED) is 0.710. The maximum absolute atomic E-state index is 12.4. The van der Waals surface area contributed by atoms with E-state index in [9.17, 15) is 9.59 Å². The monoisotopic (exact) mass is 348 g/mol. The number of hydrogen-bond donors (Lipinski definition) is 2. The van der Waals surface area contributed by atoms with Gasteiger partial charge >= 0.3 is 5.97 Å². The van der Waals surface area contributed by atoms with Crippen molar-refractivity contribution in [3.63, 3.8) is 0 Å². The maximum Gasteiger partial charge on any atom is 0.337 e. The number of anilines is 1. The third-order valence-electron chi connectivity index (χ3n) is 3.59. The number of carbonyl (C=O) groups is 2. The molecule has 0 aliphatic rings. The Kier molecular flexibility index (Phi) is 5.24. The number of hydrogen-bond acceptors (Lipinski definition) is 4. The molecule has 0 saturated heterocycles. The fourth-order valence-corrected chi connectivity index (χ4v) is 2.27. The molecule has 3 rings (SSSR count). The van der Waals surface area contributed by atoms with Crippen molar-refractivity contribution < 1.29 is 19.4 Å². The van der Waals surface area contributed by atoms with Crippen LogP contribution in [0.1, 0.15) is 26.3 Å². The van der Waals surface area contributed by atoms with Crippen LogP contribution in [0.25, 0.3) is 0 Å². The van der Waals surface area contributed by atoms with Crippen molar-refractivity contribution in [2.75, 3.05) is 5.32 Å². The molecule has 0 radical (unpaired) electrons. The van der Waals surface area contributed by atoms with Gasteiger partial charge in [-0.2, -0.15) is 0 Å². The lowest BCUT2D eigenvalue weighted by Crippen LogP contribution is -2.13. The highest BCUT2D eigenvalue weighted by Crippen LogP contribution is 2.14. The predicted molar refractivity (Wildman–Crippen MR) is 96.4 cm³/mol. The molecule has 0 saturated carbocycles. The summed E-state index contributed by atoms with van der Waals surface area (Å²) in [5.74, 6) is -0.361. The second kappa shape index (κ2) is 7.94. The van der Waals surface area contributed by atoms with Crippen molar-refractivity contribution in [3.8, 4) is 5.75 Å². The Balaban J connectivity index is 1.65. The number of aromatic carboxylic acids is 1. The zero-order valence-corrected chi connectivity index (χ0v) is 13.8. The summed E-state index contributed by atoms with van der Waals surface area (Å²) in [6.45, 7) is 0.344. The topological polar surface area (TPSA) is 88.5 Å². The molecule has 1 heterocycles. The standard InChI is InChI=1S/C20H16N2O4/c23-19(22-18-10-9-16(12-21-18)20(24)25)15-6-4-5-14(11-15)13-26-17-7-2-1-3-8-17/h1-12H,13H2,(H,24,25)(H,21,22,23). The first kappa shape index (κ1) is 17.2. The molecule has 26 heavy (non-hydrogen) atoms. The first-order valence-corrected chi connectivity index (χ1v) is 7.89. The molecule has 6 heteroatoms. The minimum atomic E-state index is -1.07. The Hall–Kier alpha value is -3.67. The van der Waals surface area contributed by atoms with Gasteiger partial charge in [-0.1, -0.05) is 30.3 Å². The van der Waals surface area contributed by atoms with Crippen molar-refractivity contribution in [1.82, 2.24) is 4.98 Å². The van der Waals surface area contributed by atoms with Crippen molar-refractivity contribution >= 4 is 17.7 Å². The fraction of sp³-hybridized carbons (Fsp3) is 0.0500. The van der Waals surface area contributed by atoms with E-state index in [-0.39, 0.29) is 17.3 Å². The Morgan fingerprint density at radius 3 is 2.46 bits per heavy atom. The smallest absolute Gasteiger partial charge is 0.337 e. The van der Waals surface area contributed by atoms with E-state index in [0.29, 0.717) is 12.2 Å². The molecule has 2 aromatic carbocycles. The summed E-state index contributed by atoms with van der Waals surface area (Å²) < 4.78 is 5.68. The Bertz CT molecular complexity index is 909. The number of ether oxygens (including phenoxy) is 1. The molecule has 0 unspecified atom stereocenters. The lowest BCUT2D eigenvalue weighted by Gasteiger charge is -2.08. The normalized spacial score (nSPS) is 10.2. The average Bonchev–Trinajstić information content (AvgIpc) is 2.68. The number of carboxylic acids is 1. The Morgan fingerprint density at radius 2 is 1.77 bits per heavy atom. The first-order chi connectivity index (χ1) is 12.6. The summed E-state index contributed by atoms with van der Waals surface area (Å²) in [5, 5.41) is 11.5. The van der Waals surface area contributed by atoms with Gasteiger partial charge in [0.05, 0.1) is 5.56 Å². The van der Waals surface area contributed by atoms with Gasteiger partial charge in [0.1, 0.15) is 18.2 Å². The molecule has 0 fully saturated rings. The van der Waals surface area contributed by atoms with Gasteiger partial charge in [-0.05, 0) is 42.0 Å². The van der Waals surface area contributed by atoms with E-state index < -0.39 is 5.97 Å². The number of carbonyl (C=O) groups excluding carboxylic acids is 1. The lowest BCUT2D eigenvalue weighted by atomic mass is 10.1. The molecule has 0 spiro atoms. The number of nitrogens with zero attached hydrogens (tertiary/aromatic N) is 1. The van der Waals surface area contributed by atoms with Gasteiger partial charge in [0, 0.05) is 11.8 Å². The molecule has 3 aromatic rings. The molecule has 130 valence electrons. The van der Waals surface area contributed by atoms with Crippen molar-refractivity contribution in [2.24, 2.45) is 0 Å². The van der Waals surface area contributed by atoms with E-state index in [0.717, 1.165) is 11.3 Å². The highest BCUT2D eigenvalue weighted by Gasteiger charge is 2.09. The molecule has 6 nitrogen and oxygen atoms in total. The second-order valence-corrected chi connectivity index (χ2v) is 5.49. The van der Waals surface area contributed by atoms with Gasteiger partial charge in [0.25, 0.3) is 5.91 Å². The van der Waals surface area contributed by atoms with Crippen molar-refractivity contribution in [2.45, 2.75) is 6.61 Å². The number of para-hydroxylation sites is 1. The zero-order valence-electron chi connectivity index (χ0n) is 13.8. The van der Waals surface area contributed by atoms with Crippen LogP contribution in [0.4, 0.5) is 5.82 Å². The highest BCUT2D eigenvalue weighted by atomic mass is 16.5. The molecule has 0 aliphatic carbocycles. The van der Waals surface area contributed by atoms with Crippen molar-refractivity contribution in [3.05, 3.63) is 89.6 Å². The molecule has 1 amide bonds. The van der Waals surface area contributed by atoms with Gasteiger partial charge in [-0.15, -0.1) is 0 Å². The molecule has 0 bridgehead atoms. The minimum Gasteiger partial charge on any atom is -0.489 e. The van der Waals surface area contributed by atoms with Crippen molar-refractivity contribution in [1.29, 1.82) is 0 Å². The summed E-state index contributed by atoms with van der Waals surface area (Å²) in [5.41, 5.74) is 1.38. The number of carboxylic acid groups (broad SMARTS) is 1. The number of pyridine rings is 1. The van der Waals surface area contributed by atoms with Crippen LogP contribution in [0, 0.1) is 0 Å². The molecule has 2 N–H and O–H groups in total. The largest absolute Gasteiger partial charge is 0.489 e. The highest BCUT2D eigenvalue weighted by molar-refractivity contribution is 6.04. The summed E-state index contributed by atoms with van der Waals surface area (Å²) in [7, 11) is 0. The third kappa shape index (κ3) is 4.45. The van der Waals surface area contributed by atoms with Gasteiger partial charge in [-0.3, -0.25) is 4.79 Å². The number of nitrogens with one attached hydrogen (secondary N) is 1. The molecular formula is C20H16N2O4. The summed E-state index contributed by atoms with van der Waals surface area (Å²) >= 11 is 0. The Labute approximate surface area is 150 Å². The average molecular weight is 348 g/mol. The fourth-order valence-electron chi connectivity index (χ4n) is 2.27. The predicted octanol–water partition coefficient (Wildman–Crippen LogP) is 3.61. The third-order valence-corrected chi connectivity index (χ3v) is 3.59. The van der Waals surface area contributed by atoms with E-state index in [2.05, 4.69) is 10.3 Å². The second-order valence-electron chi connectivity index (χ2n) is 5.49. The number of benzene rings is 2. The lowest BCUT2D eigenvalue weighted by molar-refractivity contribution is 0.0696. The summed E-state index contributed by atoms with van der Waals surface area (Å²) in [6, 6.07) is 19.3. The van der Waals surface area contributed by atoms with Gasteiger partial charge in [0.2, 0.25) is 0 Å². The van der Waals surface area contributed by atoms with E-state index in [1.165, 1.54) is 18.3 Å². The van der Waals surface area contributed by atoms with Crippen LogP contribution in [-0.4, -0.2) is 22.0 Å². The van der Waals surface area contributed by atoms with Crippen LogP contribution in [0.3, 0.4) is 0 Å². The van der Waals surface area contributed by atoms with E-state index in [1.54, 1.807) is 18.2 Å². The number of amides is 1. The van der Waals surface area contributed by atoms with Crippen LogP contribution in [0.2, 0.25) is 0 Å². The molecule has 0 atom stereocenters. The van der Waals surface area contributed by atoms with E-state index in [1.807, 2.05) is 36.4 Å².